The summed E-state index contributed by atoms with van der Waals surface area (Å²) < 4.78 is 13.0. The molecule has 0 unspecified atom stereocenters. The van der Waals surface area contributed by atoms with Gasteiger partial charge in [0, 0.05) is 18.9 Å². The van der Waals surface area contributed by atoms with E-state index in [1.807, 2.05) is 12.1 Å². The lowest BCUT2D eigenvalue weighted by atomic mass is 9.70. The highest BCUT2D eigenvalue weighted by Crippen LogP contribution is 2.36. The first kappa shape index (κ1) is 13.0. The molecule has 18 heavy (non-hydrogen) atoms. The van der Waals surface area contributed by atoms with E-state index in [9.17, 15) is 9.18 Å². The Labute approximate surface area is 107 Å². The molecule has 4 heteroatoms. The van der Waals surface area contributed by atoms with Crippen molar-refractivity contribution < 1.29 is 9.18 Å². The van der Waals surface area contributed by atoms with E-state index in [1.165, 1.54) is 12.1 Å². The molecule has 1 fully saturated rings. The van der Waals surface area contributed by atoms with Gasteiger partial charge in [-0.25, -0.2) is 4.39 Å². The third-order valence-corrected chi connectivity index (χ3v) is 3.80. The van der Waals surface area contributed by atoms with Crippen molar-refractivity contribution in [3.8, 4) is 0 Å². The summed E-state index contributed by atoms with van der Waals surface area (Å²) in [7, 11) is 1.65. The van der Waals surface area contributed by atoms with Crippen molar-refractivity contribution in [1.29, 1.82) is 0 Å². The smallest absolute Gasteiger partial charge is 0.220 e. The van der Waals surface area contributed by atoms with Gasteiger partial charge in [-0.3, -0.25) is 4.79 Å². The molecule has 0 spiro atoms. The number of hydrogen-bond donors (Lipinski definition) is 2. The fourth-order valence-electron chi connectivity index (χ4n) is 2.67. The monoisotopic (exact) mass is 250 g/mol. The van der Waals surface area contributed by atoms with Gasteiger partial charge in [0.15, 0.2) is 0 Å². The van der Waals surface area contributed by atoms with Crippen molar-refractivity contribution in [2.45, 2.75) is 24.7 Å². The van der Waals surface area contributed by atoms with Crippen LogP contribution in [-0.2, 0) is 10.2 Å². The third-order valence-electron chi connectivity index (χ3n) is 3.80. The van der Waals surface area contributed by atoms with Crippen LogP contribution < -0.4 is 10.6 Å². The van der Waals surface area contributed by atoms with Crippen LogP contribution in [0.3, 0.4) is 0 Å². The number of halogens is 1. The Hall–Kier alpha value is -1.42. The summed E-state index contributed by atoms with van der Waals surface area (Å²) in [6.45, 7) is 1.79. The maximum Gasteiger partial charge on any atom is 0.220 e. The second-order valence-electron chi connectivity index (χ2n) is 4.89. The van der Waals surface area contributed by atoms with Crippen LogP contribution in [0.1, 0.15) is 24.8 Å². The van der Waals surface area contributed by atoms with Gasteiger partial charge in [-0.1, -0.05) is 12.1 Å². The molecule has 1 aliphatic rings. The summed E-state index contributed by atoms with van der Waals surface area (Å²) in [5, 5.41) is 5.99. The van der Waals surface area contributed by atoms with Gasteiger partial charge < -0.3 is 10.6 Å². The fraction of sp³-hybridized carbons (Fsp3) is 0.500. The van der Waals surface area contributed by atoms with E-state index in [2.05, 4.69) is 10.6 Å². The lowest BCUT2D eigenvalue weighted by Crippen LogP contribution is -2.43. The van der Waals surface area contributed by atoms with Crippen LogP contribution >= 0.6 is 0 Å². The minimum Gasteiger partial charge on any atom is -0.359 e. The summed E-state index contributed by atoms with van der Waals surface area (Å²) in [6, 6.07) is 6.57. The number of carbonyl (C=O) groups excluding carboxylic acids is 1. The second-order valence-corrected chi connectivity index (χ2v) is 4.89. The van der Waals surface area contributed by atoms with Crippen LogP contribution in [0, 0.1) is 5.82 Å². The molecule has 0 saturated carbocycles. The second kappa shape index (κ2) is 5.48. The lowest BCUT2D eigenvalue weighted by molar-refractivity contribution is -0.122. The summed E-state index contributed by atoms with van der Waals surface area (Å²) in [5.74, 6) is -0.191. The molecule has 1 saturated heterocycles. The molecule has 0 aliphatic carbocycles. The predicted molar refractivity (Wildman–Crippen MR) is 68.9 cm³/mol. The number of amides is 1. The summed E-state index contributed by atoms with van der Waals surface area (Å²) >= 11 is 0. The van der Waals surface area contributed by atoms with Crippen LogP contribution in [-0.4, -0.2) is 26.0 Å². The van der Waals surface area contributed by atoms with Gasteiger partial charge in [0.25, 0.3) is 0 Å². The number of hydrogen-bond acceptors (Lipinski definition) is 2. The number of piperidine rings is 1. The zero-order valence-corrected chi connectivity index (χ0v) is 10.6. The first-order valence-electron chi connectivity index (χ1n) is 6.34. The Bertz CT molecular complexity index is 410. The largest absolute Gasteiger partial charge is 0.359 e. The van der Waals surface area contributed by atoms with Gasteiger partial charge in [0.1, 0.15) is 5.82 Å². The van der Waals surface area contributed by atoms with Crippen molar-refractivity contribution in [1.82, 2.24) is 10.6 Å². The average molecular weight is 250 g/mol. The average Bonchev–Trinajstić information content (AvgIpc) is 2.40. The summed E-state index contributed by atoms with van der Waals surface area (Å²) in [4.78, 5) is 11.7. The lowest BCUT2D eigenvalue weighted by Gasteiger charge is -2.37. The quantitative estimate of drug-likeness (QED) is 0.855. The molecule has 1 amide bonds. The zero-order chi connectivity index (χ0) is 13.0. The number of carbonyl (C=O) groups is 1. The highest BCUT2D eigenvalue weighted by Gasteiger charge is 2.35. The third kappa shape index (κ3) is 2.70. The van der Waals surface area contributed by atoms with Gasteiger partial charge in [0.2, 0.25) is 5.91 Å². The Morgan fingerprint density at radius 2 is 1.94 bits per heavy atom. The molecule has 1 aromatic rings. The normalized spacial score (nSPS) is 18.3. The van der Waals surface area contributed by atoms with Gasteiger partial charge in [0.05, 0.1) is 0 Å². The fourth-order valence-corrected chi connectivity index (χ4v) is 2.67. The Morgan fingerprint density at radius 3 is 2.50 bits per heavy atom. The molecule has 2 N–H and O–H groups in total. The van der Waals surface area contributed by atoms with Crippen molar-refractivity contribution in [2.75, 3.05) is 20.1 Å². The molecule has 1 aromatic carbocycles. The number of rotatable bonds is 3. The SMILES string of the molecule is CNC(=O)CC1(c2ccc(F)cc2)CCNCC1. The number of benzene rings is 1. The Kier molecular flexibility index (Phi) is 3.97. The minimum absolute atomic E-state index is 0.0428. The van der Waals surface area contributed by atoms with E-state index in [0.717, 1.165) is 31.5 Å². The van der Waals surface area contributed by atoms with E-state index in [4.69, 9.17) is 0 Å². The zero-order valence-electron chi connectivity index (χ0n) is 10.6. The minimum atomic E-state index is -0.234. The van der Waals surface area contributed by atoms with Gasteiger partial charge in [-0.05, 0) is 43.6 Å². The molecule has 0 aromatic heterocycles. The Balaban J connectivity index is 2.28. The van der Waals surface area contributed by atoms with Gasteiger partial charge in [-0.15, -0.1) is 0 Å². The van der Waals surface area contributed by atoms with Crippen LogP contribution in [0.25, 0.3) is 0 Å². The summed E-state index contributed by atoms with van der Waals surface area (Å²) in [5.41, 5.74) is 0.910. The van der Waals surface area contributed by atoms with Crippen molar-refractivity contribution in [3.05, 3.63) is 35.6 Å². The van der Waals surface area contributed by atoms with E-state index < -0.39 is 0 Å². The molecule has 0 radical (unpaired) electrons. The molecular formula is C14H19FN2O. The molecule has 1 aliphatic heterocycles. The highest BCUT2D eigenvalue weighted by atomic mass is 19.1. The van der Waals surface area contributed by atoms with E-state index in [1.54, 1.807) is 7.05 Å². The maximum absolute atomic E-state index is 13.0. The van der Waals surface area contributed by atoms with E-state index >= 15 is 0 Å². The van der Waals surface area contributed by atoms with E-state index in [0.29, 0.717) is 6.42 Å². The molecule has 98 valence electrons. The van der Waals surface area contributed by atoms with Crippen molar-refractivity contribution in [2.24, 2.45) is 0 Å². The summed E-state index contributed by atoms with van der Waals surface area (Å²) in [6.07, 6.45) is 2.29. The van der Waals surface area contributed by atoms with Crippen LogP contribution in [0.5, 0.6) is 0 Å². The van der Waals surface area contributed by atoms with Crippen LogP contribution in [0.15, 0.2) is 24.3 Å². The van der Waals surface area contributed by atoms with Crippen LogP contribution in [0.2, 0.25) is 0 Å². The van der Waals surface area contributed by atoms with Crippen molar-refractivity contribution >= 4 is 5.91 Å². The molecule has 3 nitrogen and oxygen atoms in total. The molecule has 1 heterocycles. The van der Waals surface area contributed by atoms with Gasteiger partial charge in [-0.2, -0.15) is 0 Å². The molecular weight excluding hydrogens is 231 g/mol. The van der Waals surface area contributed by atoms with E-state index in [-0.39, 0.29) is 17.1 Å². The molecule has 2 rings (SSSR count). The van der Waals surface area contributed by atoms with Crippen molar-refractivity contribution in [3.63, 3.8) is 0 Å². The molecule has 0 atom stereocenters. The van der Waals surface area contributed by atoms with Crippen LogP contribution in [0.4, 0.5) is 4.39 Å². The topological polar surface area (TPSA) is 41.1 Å². The standard InChI is InChI=1S/C14H19FN2O/c1-16-13(18)10-14(6-8-17-9-7-14)11-2-4-12(15)5-3-11/h2-5,17H,6-10H2,1H3,(H,16,18). The molecule has 0 bridgehead atoms. The maximum atomic E-state index is 13.0. The first-order chi connectivity index (χ1) is 8.66. The number of nitrogens with one attached hydrogen (secondary N) is 2. The Morgan fingerprint density at radius 1 is 1.33 bits per heavy atom. The highest BCUT2D eigenvalue weighted by molar-refractivity contribution is 5.77. The first-order valence-corrected chi connectivity index (χ1v) is 6.34. The predicted octanol–water partition coefficient (Wildman–Crippen LogP) is 1.58. The van der Waals surface area contributed by atoms with Gasteiger partial charge >= 0.3 is 0 Å².